The minimum Gasteiger partial charge on any atom is -0.331 e. The number of hydrogen-bond acceptors (Lipinski definition) is 4. The molecule has 4 aromatic rings. The average Bonchev–Trinajstić information content (AvgIpc) is 3.32. The summed E-state index contributed by atoms with van der Waals surface area (Å²) in [7, 11) is 0. The average molecular weight is 347 g/mol. The number of benzene rings is 1. The Balaban J connectivity index is 1.42. The van der Waals surface area contributed by atoms with E-state index in [0.717, 1.165) is 11.3 Å². The van der Waals surface area contributed by atoms with Crippen molar-refractivity contribution in [2.75, 3.05) is 5.32 Å². The Morgan fingerprint density at radius 2 is 1.88 bits per heavy atom. The quantitative estimate of drug-likeness (QED) is 0.594. The van der Waals surface area contributed by atoms with Gasteiger partial charge in [0.25, 0.3) is 0 Å². The van der Waals surface area contributed by atoms with Crippen molar-refractivity contribution >= 4 is 17.6 Å². The van der Waals surface area contributed by atoms with Gasteiger partial charge < -0.3 is 5.32 Å². The molecule has 2 amide bonds. The van der Waals surface area contributed by atoms with E-state index in [0.29, 0.717) is 11.6 Å². The van der Waals surface area contributed by atoms with Crippen LogP contribution in [0.5, 0.6) is 0 Å². The third-order valence-electron chi connectivity index (χ3n) is 4.05. The second-order valence-electron chi connectivity index (χ2n) is 5.81. The third kappa shape index (κ3) is 3.12. The zero-order valence-electron chi connectivity index (χ0n) is 14.1. The van der Waals surface area contributed by atoms with Gasteiger partial charge >= 0.3 is 6.03 Å². The lowest BCUT2D eigenvalue weighted by molar-refractivity contribution is 0.249. The topological polar surface area (TPSA) is 89.1 Å². The van der Waals surface area contributed by atoms with Crippen LogP contribution in [0.4, 0.5) is 10.7 Å². The summed E-state index contributed by atoms with van der Waals surface area (Å²) in [6.45, 7) is 1.92. The molecule has 0 spiro atoms. The van der Waals surface area contributed by atoms with E-state index >= 15 is 0 Å². The Kier molecular flexibility index (Phi) is 4.06. The molecule has 0 unspecified atom stereocenters. The molecule has 0 saturated carbocycles. The van der Waals surface area contributed by atoms with Crippen molar-refractivity contribution in [2.45, 2.75) is 13.0 Å². The van der Waals surface area contributed by atoms with E-state index in [1.165, 1.54) is 0 Å². The summed E-state index contributed by atoms with van der Waals surface area (Å²) in [6, 6.07) is 14.8. The van der Waals surface area contributed by atoms with Crippen molar-refractivity contribution in [1.29, 1.82) is 0 Å². The summed E-state index contributed by atoms with van der Waals surface area (Å²) in [5.74, 6) is 0.374. The maximum atomic E-state index is 12.3. The first-order chi connectivity index (χ1) is 12.7. The molecule has 0 fully saturated rings. The van der Waals surface area contributed by atoms with Crippen molar-refractivity contribution in [1.82, 2.24) is 29.7 Å². The van der Waals surface area contributed by atoms with Gasteiger partial charge in [-0.2, -0.15) is 5.10 Å². The number of carbonyl (C=O) groups excluding carboxylic acids is 1. The molecule has 1 atom stereocenters. The molecule has 130 valence electrons. The number of hydrogen-bond donors (Lipinski definition) is 2. The predicted molar refractivity (Wildman–Crippen MR) is 97.1 cm³/mol. The van der Waals surface area contributed by atoms with Gasteiger partial charge in [-0.15, -0.1) is 10.2 Å². The summed E-state index contributed by atoms with van der Waals surface area (Å²) in [4.78, 5) is 12.3. The number of rotatable bonds is 4. The molecule has 4 rings (SSSR count). The Morgan fingerprint density at radius 3 is 2.65 bits per heavy atom. The highest BCUT2D eigenvalue weighted by Crippen LogP contribution is 2.16. The SMILES string of the molecule is C[C@H](NC(=O)Nc1nnc2ccccn12)c1ccc(-n2cccn2)cc1. The zero-order chi connectivity index (χ0) is 17.9. The molecule has 2 N–H and O–H groups in total. The molecular weight excluding hydrogens is 330 g/mol. The van der Waals surface area contributed by atoms with Crippen molar-refractivity contribution < 1.29 is 4.79 Å². The number of anilines is 1. The molecule has 0 aliphatic rings. The van der Waals surface area contributed by atoms with E-state index in [9.17, 15) is 4.79 Å². The van der Waals surface area contributed by atoms with Crippen LogP contribution in [-0.4, -0.2) is 30.4 Å². The largest absolute Gasteiger partial charge is 0.331 e. The molecule has 0 aliphatic heterocycles. The molecule has 3 heterocycles. The van der Waals surface area contributed by atoms with Crippen LogP contribution >= 0.6 is 0 Å². The molecule has 0 radical (unpaired) electrons. The number of amides is 2. The minimum absolute atomic E-state index is 0.166. The first-order valence-electron chi connectivity index (χ1n) is 8.18. The summed E-state index contributed by atoms with van der Waals surface area (Å²) in [5.41, 5.74) is 2.62. The standard InChI is InChI=1S/C18H17N7O/c1-13(14-6-8-15(9-7-14)25-12-4-10-19-25)20-18(26)21-17-23-22-16-5-2-3-11-24(16)17/h2-13H,1H3,(H2,20,21,23,26)/t13-/m0/s1. The summed E-state index contributed by atoms with van der Waals surface area (Å²) in [5, 5.41) is 17.8. The van der Waals surface area contributed by atoms with Gasteiger partial charge in [0, 0.05) is 18.6 Å². The smallest absolute Gasteiger partial charge is 0.322 e. The highest BCUT2D eigenvalue weighted by atomic mass is 16.2. The van der Waals surface area contributed by atoms with Crippen LogP contribution in [0, 0.1) is 0 Å². The van der Waals surface area contributed by atoms with Gasteiger partial charge in [0.1, 0.15) is 0 Å². The second kappa shape index (κ2) is 6.67. The Hall–Kier alpha value is -3.68. The van der Waals surface area contributed by atoms with Crippen molar-refractivity contribution in [3.05, 3.63) is 72.7 Å². The van der Waals surface area contributed by atoms with Crippen LogP contribution in [0.15, 0.2) is 67.1 Å². The van der Waals surface area contributed by atoms with Gasteiger partial charge in [0.05, 0.1) is 11.7 Å². The van der Waals surface area contributed by atoms with Gasteiger partial charge in [0.2, 0.25) is 5.95 Å². The molecule has 8 heteroatoms. The maximum Gasteiger partial charge on any atom is 0.322 e. The molecule has 3 aromatic heterocycles. The third-order valence-corrected chi connectivity index (χ3v) is 4.05. The minimum atomic E-state index is -0.341. The second-order valence-corrected chi connectivity index (χ2v) is 5.81. The van der Waals surface area contributed by atoms with Crippen LogP contribution < -0.4 is 10.6 Å². The first-order valence-corrected chi connectivity index (χ1v) is 8.18. The van der Waals surface area contributed by atoms with Crippen molar-refractivity contribution in [3.63, 3.8) is 0 Å². The summed E-state index contributed by atoms with van der Waals surface area (Å²) >= 11 is 0. The lowest BCUT2D eigenvalue weighted by Crippen LogP contribution is -2.31. The maximum absolute atomic E-state index is 12.3. The molecule has 26 heavy (non-hydrogen) atoms. The van der Waals surface area contributed by atoms with Crippen LogP contribution in [0.1, 0.15) is 18.5 Å². The molecule has 1 aromatic carbocycles. The van der Waals surface area contributed by atoms with Gasteiger partial charge in [-0.05, 0) is 42.8 Å². The highest BCUT2D eigenvalue weighted by molar-refractivity contribution is 5.88. The number of nitrogens with one attached hydrogen (secondary N) is 2. The fourth-order valence-corrected chi connectivity index (χ4v) is 2.68. The monoisotopic (exact) mass is 347 g/mol. The predicted octanol–water partition coefficient (Wildman–Crippen LogP) is 2.80. The molecule has 0 bridgehead atoms. The number of aromatic nitrogens is 5. The van der Waals surface area contributed by atoms with Gasteiger partial charge in [-0.25, -0.2) is 9.48 Å². The number of fused-ring (bicyclic) bond motifs is 1. The van der Waals surface area contributed by atoms with Gasteiger partial charge in [-0.3, -0.25) is 9.72 Å². The fourth-order valence-electron chi connectivity index (χ4n) is 2.68. The highest BCUT2D eigenvalue weighted by Gasteiger charge is 2.12. The molecular formula is C18H17N7O. The van der Waals surface area contributed by atoms with Gasteiger partial charge in [-0.1, -0.05) is 18.2 Å². The van der Waals surface area contributed by atoms with E-state index in [1.807, 2.05) is 61.7 Å². The van der Waals surface area contributed by atoms with E-state index in [2.05, 4.69) is 25.9 Å². The van der Waals surface area contributed by atoms with E-state index < -0.39 is 0 Å². The fraction of sp³-hybridized carbons (Fsp3) is 0.111. The van der Waals surface area contributed by atoms with Gasteiger partial charge in [0.15, 0.2) is 5.65 Å². The first kappa shape index (κ1) is 15.8. The van der Waals surface area contributed by atoms with Crippen molar-refractivity contribution in [3.8, 4) is 5.69 Å². The molecule has 0 aliphatic carbocycles. The van der Waals surface area contributed by atoms with Crippen molar-refractivity contribution in [2.24, 2.45) is 0 Å². The van der Waals surface area contributed by atoms with Crippen LogP contribution in [0.3, 0.4) is 0 Å². The van der Waals surface area contributed by atoms with E-state index in [4.69, 9.17) is 0 Å². The number of urea groups is 1. The lowest BCUT2D eigenvalue weighted by Gasteiger charge is -2.15. The Bertz CT molecular complexity index is 1020. The number of nitrogens with zero attached hydrogens (tertiary/aromatic N) is 5. The number of pyridine rings is 1. The summed E-state index contributed by atoms with van der Waals surface area (Å²) < 4.78 is 3.49. The Morgan fingerprint density at radius 1 is 1.04 bits per heavy atom. The normalized spacial score (nSPS) is 12.0. The van der Waals surface area contributed by atoms with Crippen LogP contribution in [0.2, 0.25) is 0 Å². The Labute approximate surface area is 149 Å². The van der Waals surface area contributed by atoms with E-state index in [-0.39, 0.29) is 12.1 Å². The molecule has 8 nitrogen and oxygen atoms in total. The van der Waals surface area contributed by atoms with Crippen LogP contribution in [-0.2, 0) is 0 Å². The van der Waals surface area contributed by atoms with E-state index in [1.54, 1.807) is 21.5 Å². The molecule has 0 saturated heterocycles. The number of carbonyl (C=O) groups is 1. The van der Waals surface area contributed by atoms with Crippen LogP contribution in [0.25, 0.3) is 11.3 Å². The lowest BCUT2D eigenvalue weighted by atomic mass is 10.1. The zero-order valence-corrected chi connectivity index (χ0v) is 14.1. The summed E-state index contributed by atoms with van der Waals surface area (Å²) in [6.07, 6.45) is 5.41.